The van der Waals surface area contributed by atoms with Crippen molar-refractivity contribution in [3.63, 3.8) is 0 Å². The van der Waals surface area contributed by atoms with Crippen molar-refractivity contribution in [3.8, 4) is 11.5 Å². The predicted molar refractivity (Wildman–Crippen MR) is 146 cm³/mol. The highest BCUT2D eigenvalue weighted by molar-refractivity contribution is 7.98. The molecular weight excluding hydrogens is 514 g/mol. The molecule has 0 radical (unpaired) electrons. The van der Waals surface area contributed by atoms with E-state index < -0.39 is 16.1 Å². The average molecular weight is 550 g/mol. The quantitative estimate of drug-likeness (QED) is 0.442. The summed E-state index contributed by atoms with van der Waals surface area (Å²) in [4.78, 5) is 26.4. The molecule has 1 aliphatic rings. The highest BCUT2D eigenvalue weighted by Gasteiger charge is 2.33. The molecule has 1 aliphatic heterocycles. The van der Waals surface area contributed by atoms with E-state index in [1.54, 1.807) is 54.2 Å². The van der Waals surface area contributed by atoms with Crippen LogP contribution in [0.15, 0.2) is 47.4 Å². The molecule has 202 valence electrons. The number of thioether (sulfide) groups is 1. The van der Waals surface area contributed by atoms with Crippen LogP contribution in [0.4, 0.5) is 5.69 Å². The highest BCUT2D eigenvalue weighted by atomic mass is 32.2. The summed E-state index contributed by atoms with van der Waals surface area (Å²) < 4.78 is 37.9. The third-order valence-electron chi connectivity index (χ3n) is 6.38. The molecule has 0 bridgehead atoms. The van der Waals surface area contributed by atoms with E-state index in [0.29, 0.717) is 42.2 Å². The van der Waals surface area contributed by atoms with Crippen LogP contribution < -0.4 is 20.1 Å². The third kappa shape index (κ3) is 7.39. The zero-order valence-corrected chi connectivity index (χ0v) is 23.3. The number of hydrogen-bond acceptors (Lipinski definition) is 7. The van der Waals surface area contributed by atoms with Crippen LogP contribution in [0.3, 0.4) is 0 Å². The van der Waals surface area contributed by atoms with Gasteiger partial charge in [-0.3, -0.25) is 9.59 Å². The van der Waals surface area contributed by atoms with Crippen molar-refractivity contribution in [1.82, 2.24) is 9.62 Å². The monoisotopic (exact) mass is 549 g/mol. The first-order valence-electron chi connectivity index (χ1n) is 12.1. The molecule has 0 aromatic heterocycles. The van der Waals surface area contributed by atoms with Gasteiger partial charge in [0.05, 0.1) is 19.1 Å². The van der Waals surface area contributed by atoms with Crippen molar-refractivity contribution >= 4 is 39.3 Å². The minimum Gasteiger partial charge on any atom is -0.493 e. The van der Waals surface area contributed by atoms with E-state index in [4.69, 9.17) is 9.47 Å². The first kappa shape index (κ1) is 28.8. The molecule has 2 aromatic rings. The van der Waals surface area contributed by atoms with Gasteiger partial charge < -0.3 is 20.1 Å². The van der Waals surface area contributed by atoms with Gasteiger partial charge in [-0.05, 0) is 62.5 Å². The summed E-state index contributed by atoms with van der Waals surface area (Å²) in [5.74, 6) is 0.795. The molecule has 37 heavy (non-hydrogen) atoms. The summed E-state index contributed by atoms with van der Waals surface area (Å²) in [6.07, 6.45) is 3.19. The molecule has 9 nitrogen and oxygen atoms in total. The minimum atomic E-state index is -3.61. The Morgan fingerprint density at radius 2 is 1.70 bits per heavy atom. The molecule has 0 unspecified atom stereocenters. The number of nitrogens with zero attached hydrogens (tertiary/aromatic N) is 1. The molecule has 3 rings (SSSR count). The van der Waals surface area contributed by atoms with E-state index in [1.165, 1.54) is 18.5 Å². The molecule has 0 spiro atoms. The van der Waals surface area contributed by atoms with E-state index in [0.717, 1.165) is 5.56 Å². The standard InChI is InChI=1S/C26H35N3O6S2/c1-18-5-8-21(9-6-18)37(32,33)29-14-11-19(12-15-29)25(30)28-22(13-16-36-4)26(31)27-20-7-10-23(34-2)24(17-20)35-3/h5-10,17,19,22H,11-16H2,1-4H3,(H,27,31)(H,28,30)/t22-/m1/s1. The molecule has 1 saturated heterocycles. The first-order chi connectivity index (χ1) is 17.7. The molecule has 2 N–H and O–H groups in total. The number of benzene rings is 2. The van der Waals surface area contributed by atoms with Crippen molar-refractivity contribution in [2.45, 2.75) is 37.1 Å². The summed E-state index contributed by atoms with van der Waals surface area (Å²) in [7, 11) is -0.556. The van der Waals surface area contributed by atoms with Gasteiger partial charge in [0, 0.05) is 30.8 Å². The maximum absolute atomic E-state index is 13.1. The van der Waals surface area contributed by atoms with Crippen LogP contribution in [0, 0.1) is 12.8 Å². The number of amides is 2. The maximum atomic E-state index is 13.1. The number of nitrogens with one attached hydrogen (secondary N) is 2. The van der Waals surface area contributed by atoms with Crippen LogP contribution in [0.25, 0.3) is 0 Å². The Balaban J connectivity index is 1.61. The summed E-state index contributed by atoms with van der Waals surface area (Å²) >= 11 is 1.59. The molecule has 1 heterocycles. The highest BCUT2D eigenvalue weighted by Crippen LogP contribution is 2.30. The van der Waals surface area contributed by atoms with E-state index in [-0.39, 0.29) is 35.7 Å². The number of carbonyl (C=O) groups excluding carboxylic acids is 2. The number of anilines is 1. The average Bonchev–Trinajstić information content (AvgIpc) is 2.91. The molecule has 0 saturated carbocycles. The van der Waals surface area contributed by atoms with Gasteiger partial charge in [-0.25, -0.2) is 8.42 Å². The largest absolute Gasteiger partial charge is 0.493 e. The topological polar surface area (TPSA) is 114 Å². The lowest BCUT2D eigenvalue weighted by molar-refractivity contribution is -0.130. The van der Waals surface area contributed by atoms with Crippen LogP contribution in [-0.4, -0.2) is 69.9 Å². The number of methoxy groups -OCH3 is 2. The summed E-state index contributed by atoms with van der Waals surface area (Å²) in [6.45, 7) is 2.41. The van der Waals surface area contributed by atoms with Gasteiger partial charge in [0.1, 0.15) is 6.04 Å². The van der Waals surface area contributed by atoms with Crippen LogP contribution in [0.5, 0.6) is 11.5 Å². The molecule has 2 aromatic carbocycles. The second-order valence-corrected chi connectivity index (χ2v) is 11.8. The lowest BCUT2D eigenvalue weighted by atomic mass is 9.96. The van der Waals surface area contributed by atoms with E-state index in [9.17, 15) is 18.0 Å². The second-order valence-electron chi connectivity index (χ2n) is 8.89. The Morgan fingerprint density at radius 3 is 2.30 bits per heavy atom. The van der Waals surface area contributed by atoms with Crippen molar-refractivity contribution in [2.24, 2.45) is 5.92 Å². The van der Waals surface area contributed by atoms with Crippen LogP contribution >= 0.6 is 11.8 Å². The van der Waals surface area contributed by atoms with Crippen LogP contribution in [-0.2, 0) is 19.6 Å². The summed E-state index contributed by atoms with van der Waals surface area (Å²) in [5, 5.41) is 5.74. The fourth-order valence-electron chi connectivity index (χ4n) is 4.16. The summed E-state index contributed by atoms with van der Waals surface area (Å²) in [5.41, 5.74) is 1.51. The number of sulfonamides is 1. The number of aryl methyl sites for hydroxylation is 1. The lowest BCUT2D eigenvalue weighted by Crippen LogP contribution is -2.49. The van der Waals surface area contributed by atoms with Crippen molar-refractivity contribution in [1.29, 1.82) is 0 Å². The zero-order valence-electron chi connectivity index (χ0n) is 21.7. The second kappa shape index (κ2) is 13.2. The smallest absolute Gasteiger partial charge is 0.246 e. The molecule has 1 fully saturated rings. The van der Waals surface area contributed by atoms with Gasteiger partial charge in [-0.1, -0.05) is 17.7 Å². The summed E-state index contributed by atoms with van der Waals surface area (Å²) in [6, 6.07) is 11.1. The SMILES string of the molecule is COc1ccc(NC(=O)[C@@H](CCSC)NC(=O)C2CCN(S(=O)(=O)c3ccc(C)cc3)CC2)cc1OC. The van der Waals surface area contributed by atoms with Gasteiger partial charge in [-0.2, -0.15) is 16.1 Å². The number of piperidine rings is 1. The fraction of sp³-hybridized carbons (Fsp3) is 0.462. The van der Waals surface area contributed by atoms with Crippen LogP contribution in [0.2, 0.25) is 0 Å². The first-order valence-corrected chi connectivity index (χ1v) is 14.9. The van der Waals surface area contributed by atoms with E-state index in [2.05, 4.69) is 10.6 Å². The lowest BCUT2D eigenvalue weighted by Gasteiger charge is -2.31. The Bertz CT molecular complexity index is 1180. The Hall–Kier alpha value is -2.76. The van der Waals surface area contributed by atoms with E-state index in [1.807, 2.05) is 13.2 Å². The minimum absolute atomic E-state index is 0.235. The molecule has 2 amide bonds. The normalized spacial score (nSPS) is 15.6. The number of hydrogen-bond donors (Lipinski definition) is 2. The van der Waals surface area contributed by atoms with Crippen molar-refractivity contribution in [3.05, 3.63) is 48.0 Å². The Kier molecular flexibility index (Phi) is 10.2. The van der Waals surface area contributed by atoms with Gasteiger partial charge in [0.15, 0.2) is 11.5 Å². The van der Waals surface area contributed by atoms with Gasteiger partial charge >= 0.3 is 0 Å². The molecule has 1 atom stereocenters. The number of ether oxygens (including phenoxy) is 2. The Morgan fingerprint density at radius 1 is 1.05 bits per heavy atom. The Labute approximate surface area is 223 Å². The zero-order chi connectivity index (χ0) is 27.0. The molecule has 11 heteroatoms. The third-order valence-corrected chi connectivity index (χ3v) is 8.94. The van der Waals surface area contributed by atoms with Gasteiger partial charge in [0.2, 0.25) is 21.8 Å². The van der Waals surface area contributed by atoms with Crippen molar-refractivity contribution < 1.29 is 27.5 Å². The number of rotatable bonds is 11. The van der Waals surface area contributed by atoms with Crippen LogP contribution in [0.1, 0.15) is 24.8 Å². The van der Waals surface area contributed by atoms with Gasteiger partial charge in [-0.15, -0.1) is 0 Å². The molecule has 0 aliphatic carbocycles. The van der Waals surface area contributed by atoms with Gasteiger partial charge in [0.25, 0.3) is 0 Å². The fourth-order valence-corrected chi connectivity index (χ4v) is 6.10. The maximum Gasteiger partial charge on any atom is 0.246 e. The molecular formula is C26H35N3O6S2. The van der Waals surface area contributed by atoms with Crippen molar-refractivity contribution in [2.75, 3.05) is 44.6 Å². The van der Waals surface area contributed by atoms with E-state index >= 15 is 0 Å². The predicted octanol–water partition coefficient (Wildman–Crippen LogP) is 3.29. The number of carbonyl (C=O) groups is 2.